The second kappa shape index (κ2) is 12.9. The van der Waals surface area contributed by atoms with Crippen molar-refractivity contribution in [2.75, 3.05) is 14.2 Å². The molecule has 0 aliphatic rings. The maximum Gasteiger partial charge on any atom is 0.340 e. The average Bonchev–Trinajstić information content (AvgIpc) is 2.79. The normalized spacial score (nSPS) is 14.8. The van der Waals surface area contributed by atoms with Gasteiger partial charge in [-0.2, -0.15) is 0 Å². The number of benzene rings is 2. The molecule has 0 heterocycles. The lowest BCUT2D eigenvalue weighted by molar-refractivity contribution is -0.180. The van der Waals surface area contributed by atoms with Gasteiger partial charge in [0.2, 0.25) is 0 Å². The molecule has 0 aliphatic carbocycles. The minimum absolute atomic E-state index is 0.510. The van der Waals surface area contributed by atoms with E-state index >= 15 is 0 Å². The van der Waals surface area contributed by atoms with Crippen LogP contribution >= 0.6 is 0 Å². The molecule has 0 saturated heterocycles. The van der Waals surface area contributed by atoms with Crippen LogP contribution in [0.25, 0.3) is 0 Å². The molecule has 0 N–H and O–H groups in total. The monoisotopic (exact) mass is 428 g/mol. The molecule has 0 aromatic heterocycles. The Hall–Kier alpha value is -2.70. The minimum atomic E-state index is -0.845. The standard InChI is InChI=1S/C25H32O6/c1-5-6-17-21(31-25(27)23(29-4)20-15-11-8-12-16-20)18(2)30-24(26)22(28-3)19-13-9-7-10-14-19/h7-16,18,21-23H,5-6,17H2,1-4H3/t18-,21+,22-,23-/m1/s1. The van der Waals surface area contributed by atoms with Crippen LogP contribution in [0.1, 0.15) is 56.4 Å². The third kappa shape index (κ3) is 7.19. The Morgan fingerprint density at radius 1 is 0.774 bits per heavy atom. The second-order valence-electron chi connectivity index (χ2n) is 7.31. The molecule has 0 bridgehead atoms. The Bertz CT molecular complexity index is 792. The van der Waals surface area contributed by atoms with Gasteiger partial charge >= 0.3 is 11.9 Å². The highest BCUT2D eigenvalue weighted by Crippen LogP contribution is 2.24. The van der Waals surface area contributed by atoms with Crippen molar-refractivity contribution in [3.63, 3.8) is 0 Å². The average molecular weight is 429 g/mol. The number of carbonyl (C=O) groups excluding carboxylic acids is 2. The summed E-state index contributed by atoms with van der Waals surface area (Å²) in [5.74, 6) is -1.03. The number of hydrogen-bond acceptors (Lipinski definition) is 6. The lowest BCUT2D eigenvalue weighted by Gasteiger charge is -2.27. The first-order valence-corrected chi connectivity index (χ1v) is 10.6. The number of rotatable bonds is 12. The SMILES string of the molecule is CCCC[C@H](OC(=O)[C@H](OC)c1ccccc1)[C@@H](C)OC(=O)[C@H](OC)c1ccccc1. The Balaban J connectivity index is 2.09. The number of methoxy groups -OCH3 is 2. The Morgan fingerprint density at radius 2 is 1.23 bits per heavy atom. The molecule has 2 aromatic rings. The van der Waals surface area contributed by atoms with Gasteiger partial charge in [-0.05, 0) is 30.9 Å². The van der Waals surface area contributed by atoms with E-state index < -0.39 is 36.4 Å². The maximum absolute atomic E-state index is 12.8. The van der Waals surface area contributed by atoms with Crippen LogP contribution in [0.15, 0.2) is 60.7 Å². The molecule has 0 unspecified atom stereocenters. The first-order chi connectivity index (χ1) is 15.0. The number of unbranched alkanes of at least 4 members (excludes halogenated alkanes) is 1. The van der Waals surface area contributed by atoms with E-state index in [0.717, 1.165) is 12.8 Å². The van der Waals surface area contributed by atoms with Crippen LogP contribution in [0.3, 0.4) is 0 Å². The molecule has 4 atom stereocenters. The fraction of sp³-hybridized carbons (Fsp3) is 0.440. The summed E-state index contributed by atoms with van der Waals surface area (Å²) < 4.78 is 22.1. The first kappa shape index (κ1) is 24.6. The van der Waals surface area contributed by atoms with Crippen molar-refractivity contribution in [1.29, 1.82) is 0 Å². The van der Waals surface area contributed by atoms with E-state index in [9.17, 15) is 9.59 Å². The van der Waals surface area contributed by atoms with Crippen molar-refractivity contribution in [3.05, 3.63) is 71.8 Å². The molecular formula is C25H32O6. The van der Waals surface area contributed by atoms with E-state index in [1.54, 1.807) is 19.1 Å². The molecule has 0 radical (unpaired) electrons. The lowest BCUT2D eigenvalue weighted by Crippen LogP contribution is -2.36. The third-order valence-electron chi connectivity index (χ3n) is 5.04. The summed E-state index contributed by atoms with van der Waals surface area (Å²) in [5.41, 5.74) is 1.41. The summed E-state index contributed by atoms with van der Waals surface area (Å²) in [6, 6.07) is 18.3. The van der Waals surface area contributed by atoms with E-state index in [0.29, 0.717) is 17.5 Å². The van der Waals surface area contributed by atoms with Gasteiger partial charge in [-0.15, -0.1) is 0 Å². The molecule has 6 nitrogen and oxygen atoms in total. The van der Waals surface area contributed by atoms with Crippen LogP contribution in [0.2, 0.25) is 0 Å². The molecule has 0 spiro atoms. The van der Waals surface area contributed by atoms with Gasteiger partial charge in [-0.25, -0.2) is 9.59 Å². The molecule has 2 aromatic carbocycles. The van der Waals surface area contributed by atoms with E-state index in [1.165, 1.54) is 14.2 Å². The quantitative estimate of drug-likeness (QED) is 0.453. The molecule has 0 fully saturated rings. The van der Waals surface area contributed by atoms with Crippen molar-refractivity contribution >= 4 is 11.9 Å². The molecule has 168 valence electrons. The molecule has 0 saturated carbocycles. The molecule has 6 heteroatoms. The highest BCUT2D eigenvalue weighted by Gasteiger charge is 2.31. The van der Waals surface area contributed by atoms with Crippen LogP contribution in [0, 0.1) is 0 Å². The third-order valence-corrected chi connectivity index (χ3v) is 5.04. The summed E-state index contributed by atoms with van der Waals surface area (Å²) >= 11 is 0. The molecule has 0 aliphatic heterocycles. The Labute approximate surface area is 184 Å². The van der Waals surface area contributed by atoms with E-state index in [1.807, 2.05) is 55.5 Å². The fourth-order valence-electron chi connectivity index (χ4n) is 3.32. The van der Waals surface area contributed by atoms with Gasteiger partial charge in [0.1, 0.15) is 12.2 Å². The van der Waals surface area contributed by atoms with Crippen LogP contribution in [0.5, 0.6) is 0 Å². The van der Waals surface area contributed by atoms with Crippen LogP contribution in [0.4, 0.5) is 0 Å². The zero-order valence-electron chi connectivity index (χ0n) is 18.7. The zero-order valence-corrected chi connectivity index (χ0v) is 18.7. The van der Waals surface area contributed by atoms with Gasteiger partial charge in [-0.3, -0.25) is 0 Å². The van der Waals surface area contributed by atoms with E-state index in [2.05, 4.69) is 0 Å². The highest BCUT2D eigenvalue weighted by atomic mass is 16.6. The van der Waals surface area contributed by atoms with Gasteiger partial charge < -0.3 is 18.9 Å². The van der Waals surface area contributed by atoms with Gasteiger partial charge in [0.15, 0.2) is 12.2 Å². The van der Waals surface area contributed by atoms with Crippen LogP contribution in [-0.2, 0) is 28.5 Å². The van der Waals surface area contributed by atoms with E-state index in [4.69, 9.17) is 18.9 Å². The topological polar surface area (TPSA) is 71.1 Å². The Morgan fingerprint density at radius 3 is 1.65 bits per heavy atom. The summed E-state index contributed by atoms with van der Waals surface area (Å²) in [5, 5.41) is 0. The molecule has 31 heavy (non-hydrogen) atoms. The van der Waals surface area contributed by atoms with Gasteiger partial charge in [0, 0.05) is 14.2 Å². The predicted octanol–water partition coefficient (Wildman–Crippen LogP) is 4.80. The number of esters is 2. The fourth-order valence-corrected chi connectivity index (χ4v) is 3.32. The summed E-state index contributed by atoms with van der Waals surface area (Å²) in [7, 11) is 2.92. The van der Waals surface area contributed by atoms with Crippen LogP contribution in [-0.4, -0.2) is 38.4 Å². The molecular weight excluding hydrogens is 396 g/mol. The van der Waals surface area contributed by atoms with Gasteiger partial charge in [-0.1, -0.05) is 74.0 Å². The van der Waals surface area contributed by atoms with Crippen molar-refractivity contribution in [2.45, 2.75) is 57.5 Å². The first-order valence-electron chi connectivity index (χ1n) is 10.6. The van der Waals surface area contributed by atoms with Crippen molar-refractivity contribution < 1.29 is 28.5 Å². The van der Waals surface area contributed by atoms with Crippen molar-refractivity contribution in [3.8, 4) is 0 Å². The minimum Gasteiger partial charge on any atom is -0.457 e. The van der Waals surface area contributed by atoms with Gasteiger partial charge in [0.25, 0.3) is 0 Å². The second-order valence-corrected chi connectivity index (χ2v) is 7.31. The summed E-state index contributed by atoms with van der Waals surface area (Å²) in [6.07, 6.45) is -0.596. The molecule has 2 rings (SSSR count). The summed E-state index contributed by atoms with van der Waals surface area (Å²) in [6.45, 7) is 3.78. The lowest BCUT2D eigenvalue weighted by atomic mass is 10.1. The van der Waals surface area contributed by atoms with Crippen molar-refractivity contribution in [1.82, 2.24) is 0 Å². The largest absolute Gasteiger partial charge is 0.457 e. The van der Waals surface area contributed by atoms with E-state index in [-0.39, 0.29) is 0 Å². The van der Waals surface area contributed by atoms with Crippen LogP contribution < -0.4 is 0 Å². The summed E-state index contributed by atoms with van der Waals surface area (Å²) in [4.78, 5) is 25.6. The van der Waals surface area contributed by atoms with Crippen molar-refractivity contribution in [2.24, 2.45) is 0 Å². The molecule has 0 amide bonds. The predicted molar refractivity (Wildman–Crippen MR) is 117 cm³/mol. The smallest absolute Gasteiger partial charge is 0.340 e. The maximum atomic E-state index is 12.8. The highest BCUT2D eigenvalue weighted by molar-refractivity contribution is 5.77. The van der Waals surface area contributed by atoms with Gasteiger partial charge in [0.05, 0.1) is 0 Å². The number of hydrogen-bond donors (Lipinski definition) is 0. The Kier molecular flexibility index (Phi) is 10.2. The number of carbonyl (C=O) groups is 2. The zero-order chi connectivity index (χ0) is 22.6. The number of ether oxygens (including phenoxy) is 4.